The Labute approximate surface area is 78.1 Å². The topological polar surface area (TPSA) is 61.0 Å². The molecular formula is C9H15N3O. The molecule has 0 radical (unpaired) electrons. The first kappa shape index (κ1) is 9.92. The molecule has 1 aromatic heterocycles. The maximum absolute atomic E-state index is 5.55. The summed E-state index contributed by atoms with van der Waals surface area (Å²) >= 11 is 0. The van der Waals surface area contributed by atoms with Crippen molar-refractivity contribution < 1.29 is 4.74 Å². The zero-order chi connectivity index (χ0) is 9.73. The summed E-state index contributed by atoms with van der Waals surface area (Å²) < 4.78 is 5.36. The third kappa shape index (κ3) is 3.38. The molecule has 4 nitrogen and oxygen atoms in total. The van der Waals surface area contributed by atoms with E-state index in [0.29, 0.717) is 19.2 Å². The number of hydrogen-bond acceptors (Lipinski definition) is 4. The number of ether oxygens (including phenoxy) is 1. The van der Waals surface area contributed by atoms with Gasteiger partial charge < -0.3 is 10.5 Å². The molecule has 0 saturated heterocycles. The van der Waals surface area contributed by atoms with Crippen LogP contribution in [0.2, 0.25) is 0 Å². The van der Waals surface area contributed by atoms with E-state index in [0.717, 1.165) is 0 Å². The Morgan fingerprint density at radius 1 is 1.38 bits per heavy atom. The molecule has 0 aliphatic carbocycles. The standard InChI is InChI=1S/C9H15N3O/c1-9(2,6-10)7-13-8-11-4-3-5-12-8/h3-5H,6-7,10H2,1-2H3. The lowest BCUT2D eigenvalue weighted by molar-refractivity contribution is 0.174. The third-order valence-electron chi connectivity index (χ3n) is 1.69. The van der Waals surface area contributed by atoms with Gasteiger partial charge in [-0.05, 0) is 6.07 Å². The lowest BCUT2D eigenvalue weighted by Crippen LogP contribution is -2.30. The van der Waals surface area contributed by atoms with Crippen LogP contribution >= 0.6 is 0 Å². The Morgan fingerprint density at radius 2 is 2.00 bits per heavy atom. The van der Waals surface area contributed by atoms with Gasteiger partial charge in [0.25, 0.3) is 0 Å². The van der Waals surface area contributed by atoms with E-state index in [-0.39, 0.29) is 5.41 Å². The summed E-state index contributed by atoms with van der Waals surface area (Å²) in [5, 5.41) is 0. The normalized spacial score (nSPS) is 11.3. The van der Waals surface area contributed by atoms with Gasteiger partial charge in [0.1, 0.15) is 0 Å². The van der Waals surface area contributed by atoms with Gasteiger partial charge in [0.15, 0.2) is 0 Å². The van der Waals surface area contributed by atoms with Crippen molar-refractivity contribution in [2.45, 2.75) is 13.8 Å². The van der Waals surface area contributed by atoms with Gasteiger partial charge in [-0.3, -0.25) is 0 Å². The number of hydrogen-bond donors (Lipinski definition) is 1. The Balaban J connectivity index is 2.44. The van der Waals surface area contributed by atoms with Crippen molar-refractivity contribution in [1.82, 2.24) is 9.97 Å². The molecule has 0 aromatic carbocycles. The van der Waals surface area contributed by atoms with Crippen molar-refractivity contribution in [2.24, 2.45) is 11.1 Å². The van der Waals surface area contributed by atoms with Crippen molar-refractivity contribution in [1.29, 1.82) is 0 Å². The van der Waals surface area contributed by atoms with Crippen LogP contribution < -0.4 is 10.5 Å². The molecule has 0 aliphatic rings. The van der Waals surface area contributed by atoms with Gasteiger partial charge in [-0.15, -0.1) is 0 Å². The number of nitrogens with two attached hydrogens (primary N) is 1. The molecule has 0 unspecified atom stereocenters. The molecule has 4 heteroatoms. The monoisotopic (exact) mass is 181 g/mol. The van der Waals surface area contributed by atoms with Crippen LogP contribution in [0.1, 0.15) is 13.8 Å². The first-order valence-electron chi connectivity index (χ1n) is 4.24. The lowest BCUT2D eigenvalue weighted by Gasteiger charge is -2.21. The van der Waals surface area contributed by atoms with E-state index in [1.54, 1.807) is 18.5 Å². The predicted molar refractivity (Wildman–Crippen MR) is 50.4 cm³/mol. The van der Waals surface area contributed by atoms with Crippen molar-refractivity contribution >= 4 is 0 Å². The molecule has 0 saturated carbocycles. The molecule has 2 N–H and O–H groups in total. The van der Waals surface area contributed by atoms with Gasteiger partial charge in [0, 0.05) is 24.4 Å². The molecule has 0 spiro atoms. The molecule has 0 fully saturated rings. The SMILES string of the molecule is CC(C)(CN)COc1ncccn1. The van der Waals surface area contributed by atoms with Crippen LogP contribution in [0, 0.1) is 5.41 Å². The van der Waals surface area contributed by atoms with Gasteiger partial charge in [0.05, 0.1) is 6.61 Å². The highest BCUT2D eigenvalue weighted by Crippen LogP contribution is 2.13. The van der Waals surface area contributed by atoms with E-state index in [4.69, 9.17) is 10.5 Å². The highest BCUT2D eigenvalue weighted by Gasteiger charge is 2.16. The fourth-order valence-electron chi connectivity index (χ4n) is 0.679. The minimum absolute atomic E-state index is 0.0286. The molecule has 1 aromatic rings. The van der Waals surface area contributed by atoms with Crippen LogP contribution in [-0.2, 0) is 0 Å². The summed E-state index contributed by atoms with van der Waals surface area (Å²) in [4.78, 5) is 7.88. The van der Waals surface area contributed by atoms with Crippen molar-refractivity contribution in [3.63, 3.8) is 0 Å². The highest BCUT2D eigenvalue weighted by molar-refractivity contribution is 4.93. The molecule has 0 bridgehead atoms. The van der Waals surface area contributed by atoms with Crippen molar-refractivity contribution in [3.8, 4) is 6.01 Å². The summed E-state index contributed by atoms with van der Waals surface area (Å²) in [6.45, 7) is 5.19. The smallest absolute Gasteiger partial charge is 0.316 e. The first-order valence-corrected chi connectivity index (χ1v) is 4.24. The Bertz CT molecular complexity index is 248. The Hall–Kier alpha value is -1.16. The average molecular weight is 181 g/mol. The Morgan fingerprint density at radius 3 is 2.54 bits per heavy atom. The zero-order valence-electron chi connectivity index (χ0n) is 8.03. The van der Waals surface area contributed by atoms with E-state index >= 15 is 0 Å². The number of nitrogens with zero attached hydrogens (tertiary/aromatic N) is 2. The van der Waals surface area contributed by atoms with Crippen LogP contribution in [0.3, 0.4) is 0 Å². The zero-order valence-corrected chi connectivity index (χ0v) is 8.03. The summed E-state index contributed by atoms with van der Waals surface area (Å²) in [5.74, 6) is 0. The molecule has 0 atom stereocenters. The van der Waals surface area contributed by atoms with Gasteiger partial charge in [-0.1, -0.05) is 13.8 Å². The van der Waals surface area contributed by atoms with Gasteiger partial charge in [-0.25, -0.2) is 9.97 Å². The number of aromatic nitrogens is 2. The quantitative estimate of drug-likeness (QED) is 0.747. The maximum atomic E-state index is 5.55. The second-order valence-electron chi connectivity index (χ2n) is 3.69. The predicted octanol–water partition coefficient (Wildman–Crippen LogP) is 0.840. The molecule has 0 amide bonds. The second kappa shape index (κ2) is 4.18. The molecule has 72 valence electrons. The van der Waals surface area contributed by atoms with Crippen LogP contribution in [0.15, 0.2) is 18.5 Å². The third-order valence-corrected chi connectivity index (χ3v) is 1.69. The van der Waals surface area contributed by atoms with Crippen LogP contribution in [0.4, 0.5) is 0 Å². The van der Waals surface area contributed by atoms with Crippen LogP contribution in [0.25, 0.3) is 0 Å². The second-order valence-corrected chi connectivity index (χ2v) is 3.69. The van der Waals surface area contributed by atoms with Gasteiger partial charge >= 0.3 is 6.01 Å². The summed E-state index contributed by atoms with van der Waals surface area (Å²) in [7, 11) is 0. The first-order chi connectivity index (χ1) is 6.14. The van der Waals surface area contributed by atoms with Gasteiger partial charge in [0.2, 0.25) is 0 Å². The average Bonchev–Trinajstić information content (AvgIpc) is 2.17. The van der Waals surface area contributed by atoms with E-state index < -0.39 is 0 Å². The Kier molecular flexibility index (Phi) is 3.19. The van der Waals surface area contributed by atoms with E-state index in [2.05, 4.69) is 9.97 Å². The summed E-state index contributed by atoms with van der Waals surface area (Å²) in [5.41, 5.74) is 5.52. The molecule has 1 rings (SSSR count). The fraction of sp³-hybridized carbons (Fsp3) is 0.556. The van der Waals surface area contributed by atoms with E-state index in [1.807, 2.05) is 13.8 Å². The van der Waals surface area contributed by atoms with Crippen molar-refractivity contribution in [3.05, 3.63) is 18.5 Å². The number of rotatable bonds is 4. The van der Waals surface area contributed by atoms with Crippen LogP contribution in [0.5, 0.6) is 6.01 Å². The summed E-state index contributed by atoms with van der Waals surface area (Å²) in [6, 6.07) is 2.16. The maximum Gasteiger partial charge on any atom is 0.316 e. The molecular weight excluding hydrogens is 166 g/mol. The van der Waals surface area contributed by atoms with Gasteiger partial charge in [-0.2, -0.15) is 0 Å². The largest absolute Gasteiger partial charge is 0.463 e. The molecule has 13 heavy (non-hydrogen) atoms. The van der Waals surface area contributed by atoms with Crippen molar-refractivity contribution in [2.75, 3.05) is 13.2 Å². The fourth-order valence-corrected chi connectivity index (χ4v) is 0.679. The van der Waals surface area contributed by atoms with E-state index in [9.17, 15) is 0 Å². The lowest BCUT2D eigenvalue weighted by atomic mass is 9.95. The minimum atomic E-state index is -0.0286. The summed E-state index contributed by atoms with van der Waals surface area (Å²) in [6.07, 6.45) is 3.30. The molecule has 0 aliphatic heterocycles. The molecule has 1 heterocycles. The van der Waals surface area contributed by atoms with Crippen LogP contribution in [-0.4, -0.2) is 23.1 Å². The van der Waals surface area contributed by atoms with E-state index in [1.165, 1.54) is 0 Å². The minimum Gasteiger partial charge on any atom is -0.463 e. The highest BCUT2D eigenvalue weighted by atomic mass is 16.5.